The van der Waals surface area contributed by atoms with Crippen molar-refractivity contribution in [3.8, 4) is 0 Å². The average Bonchev–Trinajstić information content (AvgIpc) is 2.88. The fourth-order valence-electron chi connectivity index (χ4n) is 3.55. The average molecular weight is 332 g/mol. The summed E-state index contributed by atoms with van der Waals surface area (Å²) in [5.74, 6) is -0.489. The summed E-state index contributed by atoms with van der Waals surface area (Å²) >= 11 is 0. The smallest absolute Gasteiger partial charge is 0.239 e. The maximum atomic E-state index is 13.7. The number of aryl methyl sites for hydroxylation is 1. The summed E-state index contributed by atoms with van der Waals surface area (Å²) in [6, 6.07) is 16.3. The minimum Gasteiger partial charge on any atom is -0.325 e. The number of pyridine rings is 1. The van der Waals surface area contributed by atoms with Crippen LogP contribution in [0.5, 0.6) is 0 Å². The van der Waals surface area contributed by atoms with Gasteiger partial charge in [0.1, 0.15) is 11.2 Å². The lowest BCUT2D eigenvalue weighted by Crippen LogP contribution is -2.38. The van der Waals surface area contributed by atoms with Gasteiger partial charge in [-0.1, -0.05) is 35.9 Å². The molecule has 2 aromatic carbocycles. The van der Waals surface area contributed by atoms with Gasteiger partial charge in [0.25, 0.3) is 0 Å². The predicted molar refractivity (Wildman–Crippen MR) is 94.9 cm³/mol. The normalized spacial score (nSPS) is 18.7. The minimum absolute atomic E-state index is 0.131. The van der Waals surface area contributed by atoms with Crippen molar-refractivity contribution >= 4 is 11.6 Å². The maximum absolute atomic E-state index is 13.7. The van der Waals surface area contributed by atoms with Gasteiger partial charge in [0.05, 0.1) is 0 Å². The number of benzene rings is 2. The SMILES string of the molecule is Cc1ccc(C2(Cc3ccncc3)C(=O)Nc3cc(F)ccc32)cc1. The monoisotopic (exact) mass is 332 g/mol. The van der Waals surface area contributed by atoms with Crippen molar-refractivity contribution in [3.05, 3.63) is 95.1 Å². The summed E-state index contributed by atoms with van der Waals surface area (Å²) in [6.45, 7) is 2.01. The highest BCUT2D eigenvalue weighted by Crippen LogP contribution is 2.45. The third-order valence-corrected chi connectivity index (χ3v) is 4.84. The molecule has 0 spiro atoms. The van der Waals surface area contributed by atoms with Gasteiger partial charge in [0.2, 0.25) is 5.91 Å². The molecule has 1 aliphatic heterocycles. The van der Waals surface area contributed by atoms with E-state index < -0.39 is 5.41 Å². The lowest BCUT2D eigenvalue weighted by atomic mass is 9.71. The summed E-state index contributed by atoms with van der Waals surface area (Å²) in [7, 11) is 0. The van der Waals surface area contributed by atoms with E-state index in [9.17, 15) is 9.18 Å². The number of hydrogen-bond acceptors (Lipinski definition) is 2. The zero-order chi connectivity index (χ0) is 17.4. The van der Waals surface area contributed by atoms with E-state index in [1.165, 1.54) is 12.1 Å². The zero-order valence-electron chi connectivity index (χ0n) is 13.8. The Bertz CT molecular complexity index is 938. The molecule has 124 valence electrons. The fraction of sp³-hybridized carbons (Fsp3) is 0.143. The first kappa shape index (κ1) is 15.5. The number of nitrogens with zero attached hydrogens (tertiary/aromatic N) is 1. The van der Waals surface area contributed by atoms with E-state index in [1.807, 2.05) is 43.3 Å². The molecule has 1 N–H and O–H groups in total. The molecule has 3 aromatic rings. The third-order valence-electron chi connectivity index (χ3n) is 4.84. The molecule has 3 nitrogen and oxygen atoms in total. The highest BCUT2D eigenvalue weighted by atomic mass is 19.1. The Balaban J connectivity index is 1.94. The Hall–Kier alpha value is -3.01. The van der Waals surface area contributed by atoms with E-state index >= 15 is 0 Å². The number of halogens is 1. The molecule has 1 aliphatic rings. The Morgan fingerprint density at radius 1 is 1.04 bits per heavy atom. The number of amides is 1. The van der Waals surface area contributed by atoms with Gasteiger partial charge in [-0.25, -0.2) is 4.39 Å². The third kappa shape index (κ3) is 2.50. The second-order valence-corrected chi connectivity index (χ2v) is 6.45. The van der Waals surface area contributed by atoms with Gasteiger partial charge in [-0.05, 0) is 54.3 Å². The van der Waals surface area contributed by atoms with Crippen molar-refractivity contribution in [1.29, 1.82) is 0 Å². The Morgan fingerprint density at radius 2 is 1.76 bits per heavy atom. The second kappa shape index (κ2) is 5.81. The maximum Gasteiger partial charge on any atom is 0.239 e. The summed E-state index contributed by atoms with van der Waals surface area (Å²) < 4.78 is 13.7. The number of rotatable bonds is 3. The van der Waals surface area contributed by atoms with Crippen molar-refractivity contribution in [2.45, 2.75) is 18.8 Å². The number of nitrogens with one attached hydrogen (secondary N) is 1. The number of carbonyl (C=O) groups excluding carboxylic acids is 1. The van der Waals surface area contributed by atoms with Crippen LogP contribution in [-0.4, -0.2) is 10.9 Å². The molecule has 4 rings (SSSR count). The van der Waals surface area contributed by atoms with E-state index in [2.05, 4.69) is 10.3 Å². The molecular formula is C21H17FN2O. The molecule has 0 aliphatic carbocycles. The fourth-order valence-corrected chi connectivity index (χ4v) is 3.55. The van der Waals surface area contributed by atoms with Crippen molar-refractivity contribution < 1.29 is 9.18 Å². The largest absolute Gasteiger partial charge is 0.325 e. The summed E-state index contributed by atoms with van der Waals surface area (Å²) in [4.78, 5) is 17.2. The molecule has 1 atom stereocenters. The van der Waals surface area contributed by atoms with Crippen molar-refractivity contribution in [3.63, 3.8) is 0 Å². The van der Waals surface area contributed by atoms with Crippen LogP contribution in [0.15, 0.2) is 67.0 Å². The number of anilines is 1. The highest BCUT2D eigenvalue weighted by molar-refractivity contribution is 6.09. The number of carbonyl (C=O) groups is 1. The van der Waals surface area contributed by atoms with Crippen LogP contribution in [0.4, 0.5) is 10.1 Å². The molecule has 0 radical (unpaired) electrons. The predicted octanol–water partition coefficient (Wildman–Crippen LogP) is 4.01. The number of fused-ring (bicyclic) bond motifs is 1. The number of aromatic nitrogens is 1. The number of hydrogen-bond donors (Lipinski definition) is 1. The molecule has 0 saturated carbocycles. The molecule has 2 heterocycles. The van der Waals surface area contributed by atoms with Crippen molar-refractivity contribution in [1.82, 2.24) is 4.98 Å². The van der Waals surface area contributed by atoms with Crippen LogP contribution in [0.25, 0.3) is 0 Å². The van der Waals surface area contributed by atoms with Crippen LogP contribution in [0.2, 0.25) is 0 Å². The van der Waals surface area contributed by atoms with Gasteiger partial charge in [-0.2, -0.15) is 0 Å². The van der Waals surface area contributed by atoms with Crippen molar-refractivity contribution in [2.24, 2.45) is 0 Å². The molecule has 1 amide bonds. The van der Waals surface area contributed by atoms with Crippen LogP contribution in [-0.2, 0) is 16.6 Å². The van der Waals surface area contributed by atoms with Crippen LogP contribution < -0.4 is 5.32 Å². The Kier molecular flexibility index (Phi) is 3.61. The standard InChI is InChI=1S/C21H17FN2O/c1-14-2-4-16(5-3-14)21(13-15-8-10-23-11-9-15)18-7-6-17(22)12-19(18)24-20(21)25/h2-12H,13H2,1H3,(H,24,25). The van der Waals surface area contributed by atoms with Crippen molar-refractivity contribution in [2.75, 3.05) is 5.32 Å². The first-order valence-electron chi connectivity index (χ1n) is 8.17. The second-order valence-electron chi connectivity index (χ2n) is 6.45. The van der Waals surface area contributed by atoms with E-state index in [-0.39, 0.29) is 11.7 Å². The molecular weight excluding hydrogens is 315 g/mol. The van der Waals surface area contributed by atoms with E-state index in [4.69, 9.17) is 0 Å². The van der Waals surface area contributed by atoms with Crippen LogP contribution in [0.1, 0.15) is 22.3 Å². The first-order chi connectivity index (χ1) is 12.1. The molecule has 0 bridgehead atoms. The Labute approximate surface area is 145 Å². The van der Waals surface area contributed by atoms with E-state index in [0.29, 0.717) is 12.1 Å². The lowest BCUT2D eigenvalue weighted by molar-refractivity contribution is -0.119. The van der Waals surface area contributed by atoms with Gasteiger partial charge in [0.15, 0.2) is 0 Å². The highest BCUT2D eigenvalue weighted by Gasteiger charge is 2.48. The van der Waals surface area contributed by atoms with Gasteiger partial charge in [-0.3, -0.25) is 9.78 Å². The summed E-state index contributed by atoms with van der Waals surface area (Å²) in [5, 5.41) is 2.87. The molecule has 4 heteroatoms. The zero-order valence-corrected chi connectivity index (χ0v) is 13.8. The molecule has 1 unspecified atom stereocenters. The van der Waals surface area contributed by atoms with Crippen LogP contribution in [0.3, 0.4) is 0 Å². The molecule has 1 aromatic heterocycles. The quantitative estimate of drug-likeness (QED) is 0.787. The van der Waals surface area contributed by atoms with E-state index in [0.717, 1.165) is 22.3 Å². The summed E-state index contributed by atoms with van der Waals surface area (Å²) in [6.07, 6.45) is 3.93. The molecule has 0 saturated heterocycles. The van der Waals surface area contributed by atoms with Gasteiger partial charge in [-0.15, -0.1) is 0 Å². The lowest BCUT2D eigenvalue weighted by Gasteiger charge is -2.28. The van der Waals surface area contributed by atoms with Gasteiger partial charge >= 0.3 is 0 Å². The van der Waals surface area contributed by atoms with Gasteiger partial charge < -0.3 is 5.32 Å². The topological polar surface area (TPSA) is 42.0 Å². The Morgan fingerprint density at radius 3 is 2.48 bits per heavy atom. The molecule has 25 heavy (non-hydrogen) atoms. The summed E-state index contributed by atoms with van der Waals surface area (Å²) in [5.41, 5.74) is 3.50. The van der Waals surface area contributed by atoms with E-state index in [1.54, 1.807) is 18.5 Å². The van der Waals surface area contributed by atoms with Crippen LogP contribution in [0, 0.1) is 12.7 Å². The van der Waals surface area contributed by atoms with Crippen LogP contribution >= 0.6 is 0 Å². The van der Waals surface area contributed by atoms with Gasteiger partial charge in [0, 0.05) is 18.1 Å². The first-order valence-corrected chi connectivity index (χ1v) is 8.17. The molecule has 0 fully saturated rings. The minimum atomic E-state index is -0.877.